The van der Waals surface area contributed by atoms with Gasteiger partial charge in [-0.05, 0) is 60.4 Å². The van der Waals surface area contributed by atoms with Crippen LogP contribution in [0.1, 0.15) is 45.5 Å². The van der Waals surface area contributed by atoms with E-state index in [0.29, 0.717) is 31.8 Å². The lowest BCUT2D eigenvalue weighted by Crippen LogP contribution is -2.38. The molecule has 2 aliphatic rings. The predicted molar refractivity (Wildman–Crippen MR) is 135 cm³/mol. The van der Waals surface area contributed by atoms with Gasteiger partial charge in [0.25, 0.3) is 0 Å². The van der Waals surface area contributed by atoms with Gasteiger partial charge >= 0.3 is 5.97 Å². The summed E-state index contributed by atoms with van der Waals surface area (Å²) in [7, 11) is 0. The Bertz CT molecular complexity index is 1500. The second-order valence-electron chi connectivity index (χ2n) is 9.75. The number of rotatable bonds is 8. The van der Waals surface area contributed by atoms with Crippen molar-refractivity contribution in [3.8, 4) is 0 Å². The minimum absolute atomic E-state index is 0.0460. The number of imidazole rings is 1. The number of hydrogen-bond donors (Lipinski definition) is 1. The Kier molecular flexibility index (Phi) is 6.65. The van der Waals surface area contributed by atoms with Crippen LogP contribution in [-0.4, -0.2) is 44.8 Å². The lowest BCUT2D eigenvalue weighted by Gasteiger charge is -2.37. The van der Waals surface area contributed by atoms with Crippen LogP contribution in [0.15, 0.2) is 60.7 Å². The van der Waals surface area contributed by atoms with Crippen LogP contribution >= 0.6 is 0 Å². The fourth-order valence-corrected chi connectivity index (χ4v) is 5.20. The van der Waals surface area contributed by atoms with Crippen molar-refractivity contribution < 1.29 is 28.2 Å². The highest BCUT2D eigenvalue weighted by molar-refractivity contribution is 5.92. The highest BCUT2D eigenvalue weighted by Crippen LogP contribution is 2.34. The third-order valence-electron chi connectivity index (χ3n) is 7.32. The summed E-state index contributed by atoms with van der Waals surface area (Å²) in [4.78, 5) is 18.6. The standard InChI is InChI=1S/C29H27F2N3O4/c30-21-6-7-24(31)20(13-21)17-38-28-23-4-2-1-3-18(23)9-11-33(28)16-27-32-25-8-5-19(29(35)36)14-26(25)34(27)15-22-10-12-37-22/h1-8,13-14,22,28H,9-12,15-17H2,(H,35,36). The van der Waals surface area contributed by atoms with E-state index in [1.165, 1.54) is 0 Å². The summed E-state index contributed by atoms with van der Waals surface area (Å²) in [6.07, 6.45) is 1.29. The quantitative estimate of drug-likeness (QED) is 0.350. The van der Waals surface area contributed by atoms with Gasteiger partial charge in [0, 0.05) is 18.7 Å². The van der Waals surface area contributed by atoms with E-state index in [2.05, 4.69) is 11.0 Å². The first-order valence-corrected chi connectivity index (χ1v) is 12.7. The number of benzene rings is 3. The summed E-state index contributed by atoms with van der Waals surface area (Å²) in [5, 5.41) is 9.53. The number of aromatic carboxylic acids is 1. The highest BCUT2D eigenvalue weighted by atomic mass is 19.1. The number of halogens is 2. The van der Waals surface area contributed by atoms with Crippen LogP contribution in [0, 0.1) is 11.6 Å². The summed E-state index contributed by atoms with van der Waals surface area (Å²) in [6, 6.07) is 16.3. The molecule has 3 aromatic carbocycles. The van der Waals surface area contributed by atoms with Crippen molar-refractivity contribution in [2.45, 2.75) is 44.9 Å². The van der Waals surface area contributed by atoms with Gasteiger partial charge < -0.3 is 19.1 Å². The molecule has 0 saturated carbocycles. The molecule has 0 aliphatic carbocycles. The highest BCUT2D eigenvalue weighted by Gasteiger charge is 2.31. The molecule has 2 atom stereocenters. The van der Waals surface area contributed by atoms with E-state index in [1.54, 1.807) is 18.2 Å². The van der Waals surface area contributed by atoms with Gasteiger partial charge in [-0.1, -0.05) is 24.3 Å². The molecule has 6 rings (SSSR count). The average molecular weight is 520 g/mol. The molecule has 3 heterocycles. The van der Waals surface area contributed by atoms with Crippen molar-refractivity contribution in [1.29, 1.82) is 0 Å². The molecule has 0 radical (unpaired) electrons. The van der Waals surface area contributed by atoms with E-state index < -0.39 is 23.8 Å². The number of carbonyl (C=O) groups is 1. The average Bonchev–Trinajstić information content (AvgIpc) is 3.23. The minimum atomic E-state index is -0.994. The number of nitrogens with zero attached hydrogens (tertiary/aromatic N) is 3. The van der Waals surface area contributed by atoms with Gasteiger partial charge in [0.15, 0.2) is 0 Å². The van der Waals surface area contributed by atoms with Crippen LogP contribution in [0.2, 0.25) is 0 Å². The predicted octanol–water partition coefficient (Wildman–Crippen LogP) is 5.08. The number of hydrogen-bond acceptors (Lipinski definition) is 5. The number of aromatic nitrogens is 2. The first-order valence-electron chi connectivity index (χ1n) is 12.7. The van der Waals surface area contributed by atoms with Gasteiger partial charge in [0.2, 0.25) is 0 Å². The Morgan fingerprint density at radius 3 is 2.76 bits per heavy atom. The molecule has 4 aromatic rings. The van der Waals surface area contributed by atoms with Gasteiger partial charge in [0.05, 0.1) is 42.4 Å². The number of carboxylic acid groups (broad SMARTS) is 1. The lowest BCUT2D eigenvalue weighted by molar-refractivity contribution is -0.0851. The zero-order chi connectivity index (χ0) is 26.2. The Morgan fingerprint density at radius 1 is 1.13 bits per heavy atom. The fraction of sp³-hybridized carbons (Fsp3) is 0.310. The maximum absolute atomic E-state index is 14.4. The molecule has 1 aromatic heterocycles. The van der Waals surface area contributed by atoms with Crippen LogP contribution < -0.4 is 0 Å². The SMILES string of the molecule is O=C(O)c1ccc2nc(CN3CCc4ccccc4C3OCc3cc(F)ccc3F)n(CC3CCO3)c2c1. The van der Waals surface area contributed by atoms with E-state index >= 15 is 0 Å². The van der Waals surface area contributed by atoms with Crippen molar-refractivity contribution in [2.24, 2.45) is 0 Å². The van der Waals surface area contributed by atoms with E-state index in [4.69, 9.17) is 14.5 Å². The summed E-state index contributed by atoms with van der Waals surface area (Å²) in [6.45, 7) is 2.29. The monoisotopic (exact) mass is 519 g/mol. The van der Waals surface area contributed by atoms with Crippen molar-refractivity contribution in [1.82, 2.24) is 14.5 Å². The van der Waals surface area contributed by atoms with Crippen molar-refractivity contribution in [2.75, 3.05) is 13.2 Å². The van der Waals surface area contributed by atoms with E-state index in [9.17, 15) is 18.7 Å². The number of carboxylic acids is 1. The van der Waals surface area contributed by atoms with Crippen molar-refractivity contribution >= 4 is 17.0 Å². The van der Waals surface area contributed by atoms with E-state index in [-0.39, 0.29) is 23.8 Å². The van der Waals surface area contributed by atoms with Crippen molar-refractivity contribution in [3.63, 3.8) is 0 Å². The minimum Gasteiger partial charge on any atom is -0.478 e. The topological polar surface area (TPSA) is 76.8 Å². The zero-order valence-corrected chi connectivity index (χ0v) is 20.6. The molecule has 2 aliphatic heterocycles. The zero-order valence-electron chi connectivity index (χ0n) is 20.6. The van der Waals surface area contributed by atoms with Crippen LogP contribution in [0.4, 0.5) is 8.78 Å². The third kappa shape index (κ3) is 4.80. The molecular formula is C29H27F2N3O4. The number of fused-ring (bicyclic) bond motifs is 2. The van der Waals surface area contributed by atoms with Crippen LogP contribution in [-0.2, 0) is 35.6 Å². The molecule has 9 heteroatoms. The summed E-state index contributed by atoms with van der Waals surface area (Å²) < 4.78 is 42.1. The molecule has 2 unspecified atom stereocenters. The molecule has 7 nitrogen and oxygen atoms in total. The maximum Gasteiger partial charge on any atom is 0.335 e. The Hall–Kier alpha value is -3.66. The van der Waals surface area contributed by atoms with Gasteiger partial charge in [-0.15, -0.1) is 0 Å². The van der Waals surface area contributed by atoms with Gasteiger partial charge in [0.1, 0.15) is 23.7 Å². The summed E-state index contributed by atoms with van der Waals surface area (Å²) in [5.74, 6) is -1.26. The van der Waals surface area contributed by atoms with E-state index in [1.807, 2.05) is 22.8 Å². The second kappa shape index (κ2) is 10.2. The first-order chi connectivity index (χ1) is 18.5. The fourth-order valence-electron chi connectivity index (χ4n) is 5.20. The largest absolute Gasteiger partial charge is 0.478 e. The normalized spacial score (nSPS) is 19.3. The van der Waals surface area contributed by atoms with Crippen LogP contribution in [0.5, 0.6) is 0 Å². The first kappa shape index (κ1) is 24.7. The van der Waals surface area contributed by atoms with Crippen LogP contribution in [0.25, 0.3) is 11.0 Å². The molecule has 1 N–H and O–H groups in total. The molecule has 1 fully saturated rings. The molecule has 38 heavy (non-hydrogen) atoms. The smallest absolute Gasteiger partial charge is 0.335 e. The Labute approximate surface area is 218 Å². The van der Waals surface area contributed by atoms with Gasteiger partial charge in [-0.25, -0.2) is 18.6 Å². The Balaban J connectivity index is 1.34. The number of ether oxygens (including phenoxy) is 2. The molecule has 0 spiro atoms. The molecule has 196 valence electrons. The molecule has 1 saturated heterocycles. The van der Waals surface area contributed by atoms with Gasteiger partial charge in [-0.3, -0.25) is 4.90 Å². The summed E-state index contributed by atoms with van der Waals surface area (Å²) in [5.41, 5.74) is 3.94. The van der Waals surface area contributed by atoms with Gasteiger partial charge in [-0.2, -0.15) is 0 Å². The Morgan fingerprint density at radius 2 is 1.97 bits per heavy atom. The maximum atomic E-state index is 14.4. The lowest BCUT2D eigenvalue weighted by atomic mass is 9.98. The van der Waals surface area contributed by atoms with Crippen molar-refractivity contribution in [3.05, 3.63) is 100 Å². The third-order valence-corrected chi connectivity index (χ3v) is 7.32. The molecular weight excluding hydrogens is 492 g/mol. The van der Waals surface area contributed by atoms with E-state index in [0.717, 1.165) is 53.5 Å². The molecule has 0 bridgehead atoms. The second-order valence-corrected chi connectivity index (χ2v) is 9.75. The summed E-state index contributed by atoms with van der Waals surface area (Å²) >= 11 is 0. The molecule has 0 amide bonds. The van der Waals surface area contributed by atoms with Crippen LogP contribution in [0.3, 0.4) is 0 Å².